The number of carbonyl (C=O) groups is 2. The van der Waals surface area contributed by atoms with Gasteiger partial charge in [-0.25, -0.2) is 0 Å². The molecule has 0 aromatic heterocycles. The molecule has 0 bridgehead atoms. The van der Waals surface area contributed by atoms with Gasteiger partial charge in [0.05, 0.1) is 7.11 Å². The van der Waals surface area contributed by atoms with Gasteiger partial charge in [0.15, 0.2) is 0 Å². The zero-order chi connectivity index (χ0) is 30.1. The molecule has 1 saturated heterocycles. The fourth-order valence-electron chi connectivity index (χ4n) is 7.85. The van der Waals surface area contributed by atoms with Crippen molar-refractivity contribution in [1.29, 1.82) is 0 Å². The van der Waals surface area contributed by atoms with E-state index in [4.69, 9.17) is 9.47 Å². The van der Waals surface area contributed by atoms with Crippen LogP contribution in [0.4, 0.5) is 0 Å². The van der Waals surface area contributed by atoms with Crippen molar-refractivity contribution in [3.05, 3.63) is 77.9 Å². The molecule has 6 nitrogen and oxygen atoms in total. The third-order valence-electron chi connectivity index (χ3n) is 10.0. The van der Waals surface area contributed by atoms with Gasteiger partial charge >= 0.3 is 5.97 Å². The molecule has 0 N–H and O–H groups in total. The Morgan fingerprint density at radius 2 is 1.81 bits per heavy atom. The first-order valence-corrected chi connectivity index (χ1v) is 16.1. The molecule has 3 aliphatic rings. The molecule has 4 unspecified atom stereocenters. The smallest absolute Gasteiger partial charge is 0.302 e. The molecule has 0 spiro atoms. The van der Waals surface area contributed by atoms with Crippen LogP contribution in [0.25, 0.3) is 10.8 Å². The Hall–Kier alpha value is -3.38. The van der Waals surface area contributed by atoms with Gasteiger partial charge in [0, 0.05) is 55.9 Å². The minimum absolute atomic E-state index is 0.0523. The molecule has 3 aromatic carbocycles. The van der Waals surface area contributed by atoms with E-state index in [1.807, 2.05) is 36.4 Å². The van der Waals surface area contributed by atoms with E-state index in [1.165, 1.54) is 25.3 Å². The van der Waals surface area contributed by atoms with Crippen molar-refractivity contribution in [2.75, 3.05) is 33.3 Å². The number of ether oxygens (including phenoxy) is 2. The van der Waals surface area contributed by atoms with Crippen LogP contribution in [0.1, 0.15) is 68.8 Å². The first-order valence-electron chi connectivity index (χ1n) is 16.1. The van der Waals surface area contributed by atoms with E-state index in [1.54, 1.807) is 7.11 Å². The SMILES string of the molecule is COc1cccc(C23CCN(CC4CC4)CC2C(OC(C)=O)CC(N(CC(C)C)C(=O)c2ccc4ccccc4c2)C3)c1. The Kier molecular flexibility index (Phi) is 8.50. The summed E-state index contributed by atoms with van der Waals surface area (Å²) >= 11 is 0. The van der Waals surface area contributed by atoms with Crippen molar-refractivity contribution in [2.45, 2.75) is 70.4 Å². The Morgan fingerprint density at radius 3 is 2.53 bits per heavy atom. The summed E-state index contributed by atoms with van der Waals surface area (Å²) in [4.78, 5) is 31.7. The standard InChI is InChI=1S/C37H46N2O4/c1-25(2)22-39(36(41)30-15-14-28-8-5-6-9-29(28)18-30)32-20-35(43-26(3)40)34-24-38(23-27-12-13-27)17-16-37(34,21-32)31-10-7-11-33(19-31)42-4/h5-11,14-15,18-19,25,27,32,34-35H,12-13,16-17,20-24H2,1-4H3. The number of rotatable bonds is 9. The van der Waals surface area contributed by atoms with E-state index < -0.39 is 0 Å². The second-order valence-electron chi connectivity index (χ2n) is 13.6. The van der Waals surface area contributed by atoms with Gasteiger partial charge in [0.2, 0.25) is 0 Å². The second kappa shape index (κ2) is 12.3. The molecular formula is C37H46N2O4. The number of methoxy groups -OCH3 is 1. The van der Waals surface area contributed by atoms with Crippen LogP contribution in [-0.2, 0) is 14.9 Å². The van der Waals surface area contributed by atoms with Crippen molar-refractivity contribution < 1.29 is 19.1 Å². The normalized spacial score (nSPS) is 25.7. The van der Waals surface area contributed by atoms with Crippen LogP contribution >= 0.6 is 0 Å². The number of hydrogen-bond acceptors (Lipinski definition) is 5. The molecule has 2 aliphatic carbocycles. The van der Waals surface area contributed by atoms with Gasteiger partial charge in [-0.05, 0) is 84.7 Å². The highest BCUT2D eigenvalue weighted by Crippen LogP contribution is 2.52. The molecule has 6 heteroatoms. The van der Waals surface area contributed by atoms with Crippen molar-refractivity contribution >= 4 is 22.6 Å². The first-order chi connectivity index (χ1) is 20.8. The summed E-state index contributed by atoms with van der Waals surface area (Å²) in [5, 5.41) is 2.19. The number of likely N-dealkylation sites (tertiary alicyclic amines) is 1. The van der Waals surface area contributed by atoms with Crippen molar-refractivity contribution in [3.63, 3.8) is 0 Å². The van der Waals surface area contributed by atoms with Crippen LogP contribution in [-0.4, -0.2) is 67.1 Å². The summed E-state index contributed by atoms with van der Waals surface area (Å²) in [6.45, 7) is 9.55. The number of piperidine rings is 1. The fourth-order valence-corrected chi connectivity index (χ4v) is 7.85. The molecule has 3 aromatic rings. The zero-order valence-electron chi connectivity index (χ0n) is 26.1. The van der Waals surface area contributed by atoms with Crippen LogP contribution in [0.15, 0.2) is 66.7 Å². The Balaban J connectivity index is 1.40. The molecule has 1 aliphatic heterocycles. The van der Waals surface area contributed by atoms with Gasteiger partial charge in [-0.3, -0.25) is 9.59 Å². The summed E-state index contributed by atoms with van der Waals surface area (Å²) in [5.74, 6) is 1.88. The maximum Gasteiger partial charge on any atom is 0.302 e. The van der Waals surface area contributed by atoms with E-state index in [2.05, 4.69) is 54.0 Å². The van der Waals surface area contributed by atoms with Crippen LogP contribution in [0.2, 0.25) is 0 Å². The number of benzene rings is 3. The van der Waals surface area contributed by atoms with E-state index in [0.717, 1.165) is 54.9 Å². The Labute approximate surface area is 256 Å². The molecule has 4 atom stereocenters. The van der Waals surface area contributed by atoms with Crippen LogP contribution < -0.4 is 4.74 Å². The van der Waals surface area contributed by atoms with Crippen LogP contribution in [0.5, 0.6) is 5.75 Å². The third kappa shape index (κ3) is 6.31. The zero-order valence-corrected chi connectivity index (χ0v) is 26.1. The highest BCUT2D eigenvalue weighted by atomic mass is 16.5. The highest BCUT2D eigenvalue weighted by molar-refractivity contribution is 5.98. The number of esters is 1. The number of nitrogens with zero attached hydrogens (tertiary/aromatic N) is 2. The van der Waals surface area contributed by atoms with E-state index >= 15 is 0 Å². The minimum atomic E-state index is -0.275. The predicted octanol–water partition coefficient (Wildman–Crippen LogP) is 6.71. The highest BCUT2D eigenvalue weighted by Gasteiger charge is 2.55. The van der Waals surface area contributed by atoms with E-state index in [9.17, 15) is 9.59 Å². The van der Waals surface area contributed by atoms with E-state index in [0.29, 0.717) is 24.4 Å². The summed E-state index contributed by atoms with van der Waals surface area (Å²) < 4.78 is 11.9. The van der Waals surface area contributed by atoms with Crippen molar-refractivity contribution in [3.8, 4) is 5.75 Å². The summed E-state index contributed by atoms with van der Waals surface area (Å²) in [6.07, 6.45) is 4.82. The molecule has 0 radical (unpaired) electrons. The number of carbonyl (C=O) groups excluding carboxylic acids is 2. The van der Waals surface area contributed by atoms with Crippen LogP contribution in [0.3, 0.4) is 0 Å². The molecule has 3 fully saturated rings. The van der Waals surface area contributed by atoms with Gasteiger partial charge in [-0.1, -0.05) is 56.3 Å². The molecule has 2 saturated carbocycles. The largest absolute Gasteiger partial charge is 0.497 e. The number of fused-ring (bicyclic) bond motifs is 2. The lowest BCUT2D eigenvalue weighted by Gasteiger charge is -2.57. The maximum atomic E-state index is 14.4. The lowest BCUT2D eigenvalue weighted by atomic mass is 9.56. The molecular weight excluding hydrogens is 536 g/mol. The molecule has 1 amide bonds. The number of hydrogen-bond donors (Lipinski definition) is 0. The maximum absolute atomic E-state index is 14.4. The predicted molar refractivity (Wildman–Crippen MR) is 170 cm³/mol. The topological polar surface area (TPSA) is 59.1 Å². The van der Waals surface area contributed by atoms with Gasteiger partial charge in [-0.2, -0.15) is 0 Å². The van der Waals surface area contributed by atoms with Gasteiger partial charge < -0.3 is 19.3 Å². The Morgan fingerprint density at radius 1 is 1.02 bits per heavy atom. The average Bonchev–Trinajstić information content (AvgIpc) is 3.83. The molecule has 228 valence electrons. The minimum Gasteiger partial charge on any atom is -0.497 e. The lowest BCUT2D eigenvalue weighted by Crippen LogP contribution is -2.62. The molecule has 1 heterocycles. The third-order valence-corrected chi connectivity index (χ3v) is 10.0. The second-order valence-corrected chi connectivity index (χ2v) is 13.6. The monoisotopic (exact) mass is 582 g/mol. The first kappa shape index (κ1) is 29.7. The molecule has 43 heavy (non-hydrogen) atoms. The number of amides is 1. The summed E-state index contributed by atoms with van der Waals surface area (Å²) in [6, 6.07) is 22.6. The lowest BCUT2D eigenvalue weighted by molar-refractivity contribution is -0.159. The van der Waals surface area contributed by atoms with Crippen molar-refractivity contribution in [1.82, 2.24) is 9.80 Å². The van der Waals surface area contributed by atoms with Crippen LogP contribution in [0, 0.1) is 17.8 Å². The van der Waals surface area contributed by atoms with E-state index in [-0.39, 0.29) is 35.4 Å². The average molecular weight is 583 g/mol. The fraction of sp³-hybridized carbons (Fsp3) is 0.514. The van der Waals surface area contributed by atoms with Gasteiger partial charge in [0.25, 0.3) is 5.91 Å². The summed E-state index contributed by atoms with van der Waals surface area (Å²) in [7, 11) is 1.71. The summed E-state index contributed by atoms with van der Waals surface area (Å²) in [5.41, 5.74) is 1.70. The van der Waals surface area contributed by atoms with Gasteiger partial charge in [0.1, 0.15) is 11.9 Å². The van der Waals surface area contributed by atoms with Crippen molar-refractivity contribution in [2.24, 2.45) is 17.8 Å². The molecule has 6 rings (SSSR count). The quantitative estimate of drug-likeness (QED) is 0.263. The van der Waals surface area contributed by atoms with Gasteiger partial charge in [-0.15, -0.1) is 0 Å². The Bertz CT molecular complexity index is 1470.